The molecule has 102 valence electrons. The number of rotatable bonds is 7. The van der Waals surface area contributed by atoms with Crippen molar-refractivity contribution in [1.29, 1.82) is 0 Å². The number of hydrogen-bond acceptors (Lipinski definition) is 2. The molecule has 0 spiro atoms. The number of nitrogens with two attached hydrogens (primary N) is 1. The van der Waals surface area contributed by atoms with Crippen molar-refractivity contribution in [2.24, 2.45) is 11.7 Å². The third-order valence-electron chi connectivity index (χ3n) is 3.72. The average Bonchev–Trinajstić information content (AvgIpc) is 2.35. The molecule has 0 amide bonds. The molecule has 3 heteroatoms. The molecule has 0 aliphatic heterocycles. The van der Waals surface area contributed by atoms with Gasteiger partial charge in [-0.05, 0) is 30.7 Å². The van der Waals surface area contributed by atoms with Gasteiger partial charge in [-0.3, -0.25) is 4.90 Å². The van der Waals surface area contributed by atoms with E-state index in [1.54, 1.807) is 0 Å². The summed E-state index contributed by atoms with van der Waals surface area (Å²) in [5.74, 6) is 0.666. The second-order valence-corrected chi connectivity index (χ2v) is 5.36. The van der Waals surface area contributed by atoms with Crippen LogP contribution in [0.4, 0.5) is 0 Å². The minimum absolute atomic E-state index is 0.444. The van der Waals surface area contributed by atoms with Crippen molar-refractivity contribution >= 4 is 11.6 Å². The fraction of sp³-hybridized carbons (Fsp3) is 0.600. The Bertz CT molecular complexity index is 350. The van der Waals surface area contributed by atoms with Crippen LogP contribution in [0.1, 0.15) is 32.3 Å². The van der Waals surface area contributed by atoms with E-state index in [0.29, 0.717) is 18.5 Å². The number of nitrogens with zero attached hydrogens (tertiary/aromatic N) is 1. The highest BCUT2D eigenvalue weighted by molar-refractivity contribution is 6.30. The molecule has 0 aliphatic carbocycles. The molecule has 0 bridgehead atoms. The van der Waals surface area contributed by atoms with Crippen molar-refractivity contribution in [3.63, 3.8) is 0 Å². The molecule has 1 aromatic carbocycles. The number of likely N-dealkylation sites (N-methyl/N-ethyl adjacent to an activating group) is 1. The maximum atomic E-state index is 6.02. The van der Waals surface area contributed by atoms with E-state index < -0.39 is 0 Å². The van der Waals surface area contributed by atoms with Gasteiger partial charge in [0.25, 0.3) is 0 Å². The molecule has 1 atom stereocenters. The van der Waals surface area contributed by atoms with Crippen LogP contribution in [-0.2, 0) is 6.54 Å². The summed E-state index contributed by atoms with van der Waals surface area (Å²) in [4.78, 5) is 2.35. The van der Waals surface area contributed by atoms with Crippen LogP contribution in [0.15, 0.2) is 24.3 Å². The Morgan fingerprint density at radius 2 is 1.94 bits per heavy atom. The molecule has 0 aromatic heterocycles. The maximum absolute atomic E-state index is 6.02. The summed E-state index contributed by atoms with van der Waals surface area (Å²) >= 11 is 6.02. The van der Waals surface area contributed by atoms with Gasteiger partial charge in [0.1, 0.15) is 0 Å². The number of benzene rings is 1. The third-order valence-corrected chi connectivity index (χ3v) is 3.96. The maximum Gasteiger partial charge on any atom is 0.0409 e. The van der Waals surface area contributed by atoms with Crippen LogP contribution in [0.2, 0.25) is 5.02 Å². The lowest BCUT2D eigenvalue weighted by atomic mass is 9.93. The minimum atomic E-state index is 0.444. The largest absolute Gasteiger partial charge is 0.329 e. The fourth-order valence-electron chi connectivity index (χ4n) is 2.61. The lowest BCUT2D eigenvalue weighted by Crippen LogP contribution is -2.42. The van der Waals surface area contributed by atoms with E-state index >= 15 is 0 Å². The normalized spacial score (nSPS) is 13.3. The van der Waals surface area contributed by atoms with Crippen LogP contribution < -0.4 is 5.73 Å². The summed E-state index contributed by atoms with van der Waals surface area (Å²) in [7, 11) is 2.15. The van der Waals surface area contributed by atoms with Crippen molar-refractivity contribution in [3.05, 3.63) is 34.9 Å². The van der Waals surface area contributed by atoms with Crippen molar-refractivity contribution in [1.82, 2.24) is 4.90 Å². The highest BCUT2D eigenvalue weighted by atomic mass is 35.5. The summed E-state index contributed by atoms with van der Waals surface area (Å²) in [5.41, 5.74) is 7.19. The smallest absolute Gasteiger partial charge is 0.0409 e. The minimum Gasteiger partial charge on any atom is -0.329 e. The van der Waals surface area contributed by atoms with Crippen molar-refractivity contribution in [2.45, 2.75) is 39.3 Å². The Morgan fingerprint density at radius 3 is 2.44 bits per heavy atom. The molecule has 0 aliphatic rings. The summed E-state index contributed by atoms with van der Waals surface area (Å²) in [6.45, 7) is 6.09. The van der Waals surface area contributed by atoms with E-state index in [1.165, 1.54) is 18.4 Å². The van der Waals surface area contributed by atoms with Gasteiger partial charge in [-0.25, -0.2) is 0 Å². The first-order valence-corrected chi connectivity index (χ1v) is 7.14. The molecule has 0 saturated heterocycles. The molecule has 0 fully saturated rings. The lowest BCUT2D eigenvalue weighted by molar-refractivity contribution is 0.165. The standard InChI is InChI=1S/C15H25ClN2/c1-4-13(5-2)15(10-17)18(3)11-12-7-6-8-14(16)9-12/h6-9,13,15H,4-5,10-11,17H2,1-3H3. The highest BCUT2D eigenvalue weighted by Crippen LogP contribution is 2.20. The molecule has 1 rings (SSSR count). The van der Waals surface area contributed by atoms with Crippen molar-refractivity contribution < 1.29 is 0 Å². The summed E-state index contributed by atoms with van der Waals surface area (Å²) in [6.07, 6.45) is 2.36. The highest BCUT2D eigenvalue weighted by Gasteiger charge is 2.21. The zero-order valence-electron chi connectivity index (χ0n) is 11.7. The quantitative estimate of drug-likeness (QED) is 0.820. The number of halogens is 1. The van der Waals surface area contributed by atoms with Gasteiger partial charge >= 0.3 is 0 Å². The predicted molar refractivity (Wildman–Crippen MR) is 79.8 cm³/mol. The molecule has 0 saturated carbocycles. The van der Waals surface area contributed by atoms with E-state index in [2.05, 4.69) is 31.9 Å². The van der Waals surface area contributed by atoms with E-state index in [0.717, 1.165) is 11.6 Å². The van der Waals surface area contributed by atoms with Crippen LogP contribution in [-0.4, -0.2) is 24.5 Å². The zero-order valence-corrected chi connectivity index (χ0v) is 12.5. The Labute approximate surface area is 116 Å². The van der Waals surface area contributed by atoms with Gasteiger partial charge in [0, 0.05) is 24.2 Å². The predicted octanol–water partition coefficient (Wildman–Crippen LogP) is 3.54. The monoisotopic (exact) mass is 268 g/mol. The SMILES string of the molecule is CCC(CC)C(CN)N(C)Cc1cccc(Cl)c1. The summed E-state index contributed by atoms with van der Waals surface area (Å²) in [5, 5.41) is 0.799. The van der Waals surface area contributed by atoms with Crippen molar-refractivity contribution in [2.75, 3.05) is 13.6 Å². The Morgan fingerprint density at radius 1 is 1.28 bits per heavy atom. The van der Waals surface area contributed by atoms with E-state index in [4.69, 9.17) is 17.3 Å². The average molecular weight is 269 g/mol. The van der Waals surface area contributed by atoms with Gasteiger partial charge in [-0.2, -0.15) is 0 Å². The molecule has 2 N–H and O–H groups in total. The van der Waals surface area contributed by atoms with Gasteiger partial charge in [0.15, 0.2) is 0 Å². The van der Waals surface area contributed by atoms with Gasteiger partial charge in [0.2, 0.25) is 0 Å². The molecule has 1 aromatic rings. The number of hydrogen-bond donors (Lipinski definition) is 1. The molecule has 0 radical (unpaired) electrons. The van der Waals surface area contributed by atoms with Gasteiger partial charge in [0.05, 0.1) is 0 Å². The Kier molecular flexibility index (Phi) is 6.69. The van der Waals surface area contributed by atoms with Gasteiger partial charge in [-0.1, -0.05) is 50.4 Å². The molecule has 18 heavy (non-hydrogen) atoms. The fourth-order valence-corrected chi connectivity index (χ4v) is 2.82. The second-order valence-electron chi connectivity index (χ2n) is 4.92. The first kappa shape index (κ1) is 15.5. The lowest BCUT2D eigenvalue weighted by Gasteiger charge is -2.33. The summed E-state index contributed by atoms with van der Waals surface area (Å²) < 4.78 is 0. The third kappa shape index (κ3) is 4.27. The van der Waals surface area contributed by atoms with E-state index in [9.17, 15) is 0 Å². The van der Waals surface area contributed by atoms with E-state index in [1.807, 2.05) is 18.2 Å². The van der Waals surface area contributed by atoms with Gasteiger partial charge in [-0.15, -0.1) is 0 Å². The van der Waals surface area contributed by atoms with Crippen molar-refractivity contribution in [3.8, 4) is 0 Å². The van der Waals surface area contributed by atoms with Crippen LogP contribution in [0, 0.1) is 5.92 Å². The molecular formula is C15H25ClN2. The Hall–Kier alpha value is -0.570. The zero-order chi connectivity index (χ0) is 13.5. The molecule has 1 unspecified atom stereocenters. The topological polar surface area (TPSA) is 29.3 Å². The molecule has 0 heterocycles. The van der Waals surface area contributed by atoms with Crippen LogP contribution in [0.25, 0.3) is 0 Å². The first-order chi connectivity index (χ1) is 8.62. The molecular weight excluding hydrogens is 244 g/mol. The summed E-state index contributed by atoms with van der Waals surface area (Å²) in [6, 6.07) is 8.49. The second kappa shape index (κ2) is 7.78. The van der Waals surface area contributed by atoms with E-state index in [-0.39, 0.29) is 0 Å². The van der Waals surface area contributed by atoms with Crippen LogP contribution >= 0.6 is 11.6 Å². The molecule has 2 nitrogen and oxygen atoms in total. The first-order valence-electron chi connectivity index (χ1n) is 6.77. The van der Waals surface area contributed by atoms with Gasteiger partial charge < -0.3 is 5.73 Å². The van der Waals surface area contributed by atoms with Crippen LogP contribution in [0.3, 0.4) is 0 Å². The Balaban J connectivity index is 2.70. The van der Waals surface area contributed by atoms with Crippen LogP contribution in [0.5, 0.6) is 0 Å².